The summed E-state index contributed by atoms with van der Waals surface area (Å²) >= 11 is 0. The lowest BCUT2D eigenvalue weighted by atomic mass is 10.2. The molecule has 0 bridgehead atoms. The van der Waals surface area contributed by atoms with Crippen LogP contribution < -0.4 is 24.4 Å². The van der Waals surface area contributed by atoms with Crippen molar-refractivity contribution < 1.29 is 23.8 Å². The van der Waals surface area contributed by atoms with Crippen LogP contribution in [0.5, 0.6) is 17.2 Å². The second kappa shape index (κ2) is 8.93. The SMILES string of the molecule is COc1ccc(NC(=O)CN(C(C)=O)c2cc(C)ccc2OC)c(OC)c1. The predicted molar refractivity (Wildman–Crippen MR) is 104 cm³/mol. The summed E-state index contributed by atoms with van der Waals surface area (Å²) in [5, 5.41) is 2.77. The zero-order valence-corrected chi connectivity index (χ0v) is 16.2. The molecule has 0 aliphatic carbocycles. The molecule has 2 aromatic carbocycles. The number of amides is 2. The highest BCUT2D eigenvalue weighted by Crippen LogP contribution is 2.31. The molecule has 0 saturated heterocycles. The Kier molecular flexibility index (Phi) is 6.65. The molecule has 27 heavy (non-hydrogen) atoms. The van der Waals surface area contributed by atoms with Gasteiger partial charge in [0.1, 0.15) is 23.8 Å². The van der Waals surface area contributed by atoms with Crippen molar-refractivity contribution in [2.45, 2.75) is 13.8 Å². The van der Waals surface area contributed by atoms with Crippen molar-refractivity contribution in [1.29, 1.82) is 0 Å². The highest BCUT2D eigenvalue weighted by molar-refractivity contribution is 6.03. The summed E-state index contributed by atoms with van der Waals surface area (Å²) < 4.78 is 15.8. The fraction of sp³-hybridized carbons (Fsp3) is 0.300. The van der Waals surface area contributed by atoms with E-state index in [1.54, 1.807) is 31.4 Å². The number of nitrogens with zero attached hydrogens (tertiary/aromatic N) is 1. The van der Waals surface area contributed by atoms with Gasteiger partial charge in [-0.3, -0.25) is 14.5 Å². The Bertz CT molecular complexity index is 835. The zero-order chi connectivity index (χ0) is 20.0. The third kappa shape index (κ3) is 4.91. The van der Waals surface area contributed by atoms with E-state index in [1.165, 1.54) is 26.0 Å². The Hall–Kier alpha value is -3.22. The van der Waals surface area contributed by atoms with Crippen molar-refractivity contribution in [1.82, 2.24) is 0 Å². The van der Waals surface area contributed by atoms with E-state index in [-0.39, 0.29) is 18.4 Å². The quantitative estimate of drug-likeness (QED) is 0.808. The summed E-state index contributed by atoms with van der Waals surface area (Å²) in [6, 6.07) is 10.5. The van der Waals surface area contributed by atoms with E-state index < -0.39 is 0 Å². The number of carbonyl (C=O) groups excluding carboxylic acids is 2. The number of hydrogen-bond donors (Lipinski definition) is 1. The molecule has 0 heterocycles. The Morgan fingerprint density at radius 1 is 0.963 bits per heavy atom. The van der Waals surface area contributed by atoms with Gasteiger partial charge >= 0.3 is 0 Å². The van der Waals surface area contributed by atoms with Crippen LogP contribution in [0.25, 0.3) is 0 Å². The molecule has 0 saturated carbocycles. The molecule has 0 aromatic heterocycles. The van der Waals surface area contributed by atoms with Gasteiger partial charge < -0.3 is 19.5 Å². The number of carbonyl (C=O) groups is 2. The highest BCUT2D eigenvalue weighted by atomic mass is 16.5. The maximum atomic E-state index is 12.6. The molecular formula is C20H24N2O5. The largest absolute Gasteiger partial charge is 0.497 e. The molecule has 2 aromatic rings. The first-order valence-corrected chi connectivity index (χ1v) is 8.34. The topological polar surface area (TPSA) is 77.1 Å². The first kappa shape index (κ1) is 20.1. The Morgan fingerprint density at radius 2 is 1.67 bits per heavy atom. The predicted octanol–water partition coefficient (Wildman–Crippen LogP) is 3.01. The minimum atomic E-state index is -0.364. The lowest BCUT2D eigenvalue weighted by Gasteiger charge is -2.23. The second-order valence-corrected chi connectivity index (χ2v) is 5.89. The van der Waals surface area contributed by atoms with Crippen LogP contribution in [0.1, 0.15) is 12.5 Å². The van der Waals surface area contributed by atoms with E-state index in [1.807, 2.05) is 19.1 Å². The summed E-state index contributed by atoms with van der Waals surface area (Å²) in [7, 11) is 4.58. The molecule has 0 fully saturated rings. The fourth-order valence-electron chi connectivity index (χ4n) is 2.61. The van der Waals surface area contributed by atoms with Gasteiger partial charge in [0.15, 0.2) is 0 Å². The molecule has 7 heteroatoms. The summed E-state index contributed by atoms with van der Waals surface area (Å²) in [5.74, 6) is 0.962. The Balaban J connectivity index is 2.24. The van der Waals surface area contributed by atoms with Crippen molar-refractivity contribution in [3.05, 3.63) is 42.0 Å². The highest BCUT2D eigenvalue weighted by Gasteiger charge is 2.20. The van der Waals surface area contributed by atoms with E-state index in [2.05, 4.69) is 5.32 Å². The average Bonchev–Trinajstić information content (AvgIpc) is 2.66. The summed E-state index contributed by atoms with van der Waals surface area (Å²) in [5.41, 5.74) is 1.99. The lowest BCUT2D eigenvalue weighted by molar-refractivity contribution is -0.120. The molecule has 0 atom stereocenters. The molecule has 7 nitrogen and oxygen atoms in total. The molecule has 1 N–H and O–H groups in total. The van der Waals surface area contributed by atoms with Crippen molar-refractivity contribution in [2.24, 2.45) is 0 Å². The van der Waals surface area contributed by atoms with Crippen molar-refractivity contribution in [2.75, 3.05) is 38.1 Å². The average molecular weight is 372 g/mol. The minimum Gasteiger partial charge on any atom is -0.497 e. The number of ether oxygens (including phenoxy) is 3. The van der Waals surface area contributed by atoms with Crippen molar-refractivity contribution in [3.8, 4) is 17.2 Å². The number of aryl methyl sites for hydroxylation is 1. The molecule has 2 rings (SSSR count). The van der Waals surface area contributed by atoms with Crippen LogP contribution in [0.4, 0.5) is 11.4 Å². The monoisotopic (exact) mass is 372 g/mol. The maximum absolute atomic E-state index is 12.6. The number of rotatable bonds is 7. The molecule has 2 amide bonds. The van der Waals surface area contributed by atoms with E-state index in [0.717, 1.165) is 5.56 Å². The van der Waals surface area contributed by atoms with Gasteiger partial charge in [-0.15, -0.1) is 0 Å². The molecular weight excluding hydrogens is 348 g/mol. The summed E-state index contributed by atoms with van der Waals surface area (Å²) in [4.78, 5) is 26.1. The molecule has 0 spiro atoms. The summed E-state index contributed by atoms with van der Waals surface area (Å²) in [6.07, 6.45) is 0. The van der Waals surface area contributed by atoms with Crippen LogP contribution in [0.3, 0.4) is 0 Å². The third-order valence-corrected chi connectivity index (χ3v) is 3.99. The first-order valence-electron chi connectivity index (χ1n) is 8.34. The maximum Gasteiger partial charge on any atom is 0.244 e. The van der Waals surface area contributed by atoms with Crippen LogP contribution in [-0.2, 0) is 9.59 Å². The smallest absolute Gasteiger partial charge is 0.244 e. The molecule has 0 radical (unpaired) electrons. The number of benzene rings is 2. The molecule has 0 aliphatic rings. The molecule has 144 valence electrons. The minimum absolute atomic E-state index is 0.162. The van der Waals surface area contributed by atoms with E-state index in [0.29, 0.717) is 28.6 Å². The van der Waals surface area contributed by atoms with E-state index >= 15 is 0 Å². The van der Waals surface area contributed by atoms with Gasteiger partial charge in [0.25, 0.3) is 0 Å². The van der Waals surface area contributed by atoms with E-state index in [4.69, 9.17) is 14.2 Å². The lowest BCUT2D eigenvalue weighted by Crippen LogP contribution is -2.37. The van der Waals surface area contributed by atoms with Gasteiger partial charge in [-0.2, -0.15) is 0 Å². The number of nitrogens with one attached hydrogen (secondary N) is 1. The fourth-order valence-corrected chi connectivity index (χ4v) is 2.61. The van der Waals surface area contributed by atoms with Gasteiger partial charge in [-0.25, -0.2) is 0 Å². The Morgan fingerprint density at radius 3 is 2.26 bits per heavy atom. The van der Waals surface area contributed by atoms with Crippen molar-refractivity contribution in [3.63, 3.8) is 0 Å². The zero-order valence-electron chi connectivity index (χ0n) is 16.2. The Labute approximate surface area is 158 Å². The van der Waals surface area contributed by atoms with Gasteiger partial charge in [0, 0.05) is 13.0 Å². The molecule has 0 aliphatic heterocycles. The van der Waals surface area contributed by atoms with Crippen LogP contribution in [0.15, 0.2) is 36.4 Å². The van der Waals surface area contributed by atoms with Gasteiger partial charge in [0.05, 0.1) is 32.7 Å². The van der Waals surface area contributed by atoms with Crippen LogP contribution in [0.2, 0.25) is 0 Å². The van der Waals surface area contributed by atoms with Gasteiger partial charge in [-0.05, 0) is 36.8 Å². The van der Waals surface area contributed by atoms with Crippen LogP contribution in [0, 0.1) is 6.92 Å². The molecule has 0 unspecified atom stereocenters. The van der Waals surface area contributed by atoms with E-state index in [9.17, 15) is 9.59 Å². The third-order valence-electron chi connectivity index (χ3n) is 3.99. The number of anilines is 2. The van der Waals surface area contributed by atoms with Crippen molar-refractivity contribution >= 4 is 23.2 Å². The van der Waals surface area contributed by atoms with Gasteiger partial charge in [-0.1, -0.05) is 6.07 Å². The number of hydrogen-bond acceptors (Lipinski definition) is 5. The number of methoxy groups -OCH3 is 3. The summed E-state index contributed by atoms with van der Waals surface area (Å²) in [6.45, 7) is 3.15. The second-order valence-electron chi connectivity index (χ2n) is 5.89. The standard InChI is InChI=1S/C20H24N2O5/c1-13-6-9-18(26-4)17(10-13)22(14(2)23)12-20(24)21-16-8-7-15(25-3)11-19(16)27-5/h6-11H,12H2,1-5H3,(H,21,24). The normalized spacial score (nSPS) is 10.1. The van der Waals surface area contributed by atoms with Gasteiger partial charge in [0.2, 0.25) is 11.8 Å². The first-order chi connectivity index (χ1) is 12.9. The van der Waals surface area contributed by atoms with Crippen LogP contribution >= 0.6 is 0 Å². The van der Waals surface area contributed by atoms with Crippen LogP contribution in [-0.4, -0.2) is 39.7 Å².